The van der Waals surface area contributed by atoms with E-state index < -0.39 is 24.1 Å². The van der Waals surface area contributed by atoms with E-state index in [1.165, 1.54) is 0 Å². The van der Waals surface area contributed by atoms with Crippen molar-refractivity contribution in [3.05, 3.63) is 88.1 Å². The molecule has 3 rings (SSSR count). The van der Waals surface area contributed by atoms with Crippen LogP contribution in [-0.4, -0.2) is 40.6 Å². The Morgan fingerprint density at radius 1 is 0.902 bits per heavy atom. The number of unbranched alkanes of at least 4 members (excludes halogenated alkanes) is 2. The van der Waals surface area contributed by atoms with Gasteiger partial charge in [-0.1, -0.05) is 81.6 Å². The van der Waals surface area contributed by atoms with Crippen LogP contribution in [0.3, 0.4) is 0 Å². The minimum absolute atomic E-state index is 0.172. The maximum absolute atomic E-state index is 13.9. The predicted octanol–water partition coefficient (Wildman–Crippen LogP) is 6.53. The molecule has 220 valence electrons. The lowest BCUT2D eigenvalue weighted by Gasteiger charge is -2.28. The van der Waals surface area contributed by atoms with E-state index in [1.54, 1.807) is 40.5 Å². The Kier molecular flexibility index (Phi) is 13.2. The lowest BCUT2D eigenvalue weighted by Crippen LogP contribution is -2.51. The van der Waals surface area contributed by atoms with Gasteiger partial charge in [0.2, 0.25) is 5.91 Å². The van der Waals surface area contributed by atoms with E-state index in [-0.39, 0.29) is 12.3 Å². The topological polar surface area (TPSA) is 108 Å². The van der Waals surface area contributed by atoms with Gasteiger partial charge in [0.05, 0.1) is 25.6 Å². The number of nitrogens with one attached hydrogen (secondary N) is 2. The van der Waals surface area contributed by atoms with Gasteiger partial charge < -0.3 is 25.4 Å². The zero-order chi connectivity index (χ0) is 29.5. The average molecular weight is 580 g/mol. The molecule has 2 unspecified atom stereocenters. The molecule has 0 radical (unpaired) electrons. The van der Waals surface area contributed by atoms with Crippen LogP contribution in [-0.2, 0) is 22.7 Å². The molecule has 3 amide bonds. The van der Waals surface area contributed by atoms with Crippen molar-refractivity contribution in [1.29, 1.82) is 0 Å². The number of nitrogens with zero attached hydrogens (tertiary/aromatic N) is 1. The molecule has 3 aromatic rings. The van der Waals surface area contributed by atoms with Crippen LogP contribution in [0.4, 0.5) is 4.79 Å². The summed E-state index contributed by atoms with van der Waals surface area (Å²) in [5, 5.41) is 17.2. The average Bonchev–Trinajstić information content (AvgIpc) is 3.48. The second kappa shape index (κ2) is 17.1. The number of ether oxygens (including phenoxy) is 1. The normalized spacial score (nSPS) is 12.2. The highest BCUT2D eigenvalue weighted by Gasteiger charge is 2.28. The van der Waals surface area contributed by atoms with Crippen LogP contribution in [0.1, 0.15) is 74.4 Å². The van der Waals surface area contributed by atoms with Crippen molar-refractivity contribution in [1.82, 2.24) is 15.5 Å². The summed E-state index contributed by atoms with van der Waals surface area (Å²) >= 11 is 1.58. The van der Waals surface area contributed by atoms with Crippen LogP contribution in [0.5, 0.6) is 5.75 Å². The minimum Gasteiger partial charge on any atom is -0.494 e. The Hall–Kier alpha value is -3.85. The number of carbonyl (C=O) groups is 3. The highest BCUT2D eigenvalue weighted by atomic mass is 32.1. The van der Waals surface area contributed by atoms with E-state index in [0.717, 1.165) is 36.1 Å². The number of carbonyl (C=O) groups excluding carboxylic acids is 2. The summed E-state index contributed by atoms with van der Waals surface area (Å²) in [5.41, 5.74) is 1.64. The Labute approximate surface area is 246 Å². The summed E-state index contributed by atoms with van der Waals surface area (Å²) in [5.74, 6) is -0.522. The molecule has 3 N–H and O–H groups in total. The molecule has 0 bridgehead atoms. The first kappa shape index (κ1) is 31.7. The molecule has 2 aromatic carbocycles. The first-order valence-electron chi connectivity index (χ1n) is 14.3. The van der Waals surface area contributed by atoms with Crippen molar-refractivity contribution < 1.29 is 24.2 Å². The quantitative estimate of drug-likeness (QED) is 0.158. The number of carboxylic acid groups (broad SMARTS) is 1. The van der Waals surface area contributed by atoms with E-state index in [2.05, 4.69) is 17.6 Å². The number of benzene rings is 2. The summed E-state index contributed by atoms with van der Waals surface area (Å²) < 4.78 is 5.70. The van der Waals surface area contributed by atoms with E-state index in [1.807, 2.05) is 54.8 Å². The number of thiophene rings is 1. The van der Waals surface area contributed by atoms with Gasteiger partial charge in [0.15, 0.2) is 0 Å². The van der Waals surface area contributed by atoms with Gasteiger partial charge in [-0.25, -0.2) is 4.79 Å². The third-order valence-corrected chi connectivity index (χ3v) is 7.50. The van der Waals surface area contributed by atoms with E-state index in [9.17, 15) is 19.5 Å². The zero-order valence-electron chi connectivity index (χ0n) is 23.9. The van der Waals surface area contributed by atoms with Crippen molar-refractivity contribution in [3.63, 3.8) is 0 Å². The number of rotatable bonds is 17. The number of amides is 3. The van der Waals surface area contributed by atoms with Crippen molar-refractivity contribution in [2.75, 3.05) is 6.61 Å². The van der Waals surface area contributed by atoms with Crippen LogP contribution in [0.2, 0.25) is 0 Å². The molecular formula is C32H41N3O5S. The lowest BCUT2D eigenvalue weighted by atomic mass is 10.0. The first-order valence-corrected chi connectivity index (χ1v) is 15.1. The highest BCUT2D eigenvalue weighted by Crippen LogP contribution is 2.22. The summed E-state index contributed by atoms with van der Waals surface area (Å²) in [6.07, 6.45) is 3.77. The summed E-state index contributed by atoms with van der Waals surface area (Å²) in [6.45, 7) is 5.58. The van der Waals surface area contributed by atoms with Gasteiger partial charge in [-0.3, -0.25) is 9.59 Å². The van der Waals surface area contributed by atoms with Gasteiger partial charge in [-0.15, -0.1) is 11.3 Å². The molecular weight excluding hydrogens is 538 g/mol. The number of aliphatic carboxylic acids is 1. The van der Waals surface area contributed by atoms with Crippen LogP contribution in [0.15, 0.2) is 72.1 Å². The summed E-state index contributed by atoms with van der Waals surface area (Å²) in [7, 11) is 0. The van der Waals surface area contributed by atoms with Crippen LogP contribution in [0, 0.1) is 0 Å². The molecule has 8 nitrogen and oxygen atoms in total. The Balaban J connectivity index is 1.74. The molecule has 0 spiro atoms. The van der Waals surface area contributed by atoms with Gasteiger partial charge >= 0.3 is 12.0 Å². The molecule has 0 saturated carbocycles. The van der Waals surface area contributed by atoms with Crippen LogP contribution in [0.25, 0.3) is 0 Å². The molecule has 0 fully saturated rings. The third-order valence-electron chi connectivity index (χ3n) is 6.64. The molecule has 0 aliphatic carbocycles. The standard InChI is InChI=1S/C32H41N3O5S/c1-3-5-14-28(31(38)35(23-27-13-10-20-41-27)22-24-11-8-7-9-12-24)33-32(39)34-29(21-30(36)37)25-15-17-26(18-16-25)40-19-6-4-2/h7-13,15-18,20,28-29H,3-6,14,19,21-23H2,1-2H3,(H,36,37)(H2,33,34,39). The fourth-order valence-electron chi connectivity index (χ4n) is 4.41. The maximum atomic E-state index is 13.9. The van der Waals surface area contributed by atoms with Crippen molar-refractivity contribution in [2.45, 2.75) is 77.5 Å². The Morgan fingerprint density at radius 3 is 2.27 bits per heavy atom. The monoisotopic (exact) mass is 579 g/mol. The minimum atomic E-state index is -1.04. The Bertz CT molecular complexity index is 1200. The van der Waals surface area contributed by atoms with Crippen molar-refractivity contribution in [2.24, 2.45) is 0 Å². The number of carboxylic acids is 1. The SMILES string of the molecule is CCCCOc1ccc(C(CC(=O)O)NC(=O)NC(CCCC)C(=O)N(Cc2ccccc2)Cc2cccs2)cc1. The van der Waals surface area contributed by atoms with Gasteiger partial charge in [0.25, 0.3) is 0 Å². The first-order chi connectivity index (χ1) is 19.9. The van der Waals surface area contributed by atoms with Gasteiger partial charge in [-0.05, 0) is 47.5 Å². The van der Waals surface area contributed by atoms with E-state index >= 15 is 0 Å². The smallest absolute Gasteiger partial charge is 0.315 e. The molecule has 1 aromatic heterocycles. The largest absolute Gasteiger partial charge is 0.494 e. The van der Waals surface area contributed by atoms with Gasteiger partial charge in [-0.2, -0.15) is 0 Å². The van der Waals surface area contributed by atoms with Gasteiger partial charge in [0, 0.05) is 11.4 Å². The highest BCUT2D eigenvalue weighted by molar-refractivity contribution is 7.09. The lowest BCUT2D eigenvalue weighted by molar-refractivity contribution is -0.137. The van der Waals surface area contributed by atoms with Crippen LogP contribution < -0.4 is 15.4 Å². The van der Waals surface area contributed by atoms with E-state index in [0.29, 0.717) is 37.4 Å². The molecule has 1 heterocycles. The van der Waals surface area contributed by atoms with Crippen molar-refractivity contribution in [3.8, 4) is 5.75 Å². The molecule has 2 atom stereocenters. The van der Waals surface area contributed by atoms with Crippen molar-refractivity contribution >= 4 is 29.2 Å². The fraction of sp³-hybridized carbons (Fsp3) is 0.406. The molecule has 0 saturated heterocycles. The predicted molar refractivity (Wildman–Crippen MR) is 162 cm³/mol. The second-order valence-corrected chi connectivity index (χ2v) is 11.0. The molecule has 9 heteroatoms. The number of hydrogen-bond acceptors (Lipinski definition) is 5. The molecule has 0 aliphatic rings. The summed E-state index contributed by atoms with van der Waals surface area (Å²) in [6, 6.07) is 18.7. The summed E-state index contributed by atoms with van der Waals surface area (Å²) in [4.78, 5) is 41.6. The van der Waals surface area contributed by atoms with Gasteiger partial charge in [0.1, 0.15) is 11.8 Å². The molecule has 0 aliphatic heterocycles. The maximum Gasteiger partial charge on any atom is 0.315 e. The second-order valence-electron chi connectivity index (χ2n) is 9.99. The third kappa shape index (κ3) is 10.9. The molecule has 41 heavy (non-hydrogen) atoms. The fourth-order valence-corrected chi connectivity index (χ4v) is 5.13. The Morgan fingerprint density at radius 2 is 1.63 bits per heavy atom. The number of hydrogen-bond donors (Lipinski definition) is 3. The van der Waals surface area contributed by atoms with Crippen LogP contribution >= 0.6 is 11.3 Å². The number of urea groups is 1. The zero-order valence-corrected chi connectivity index (χ0v) is 24.7. The van der Waals surface area contributed by atoms with E-state index in [4.69, 9.17) is 4.74 Å².